The summed E-state index contributed by atoms with van der Waals surface area (Å²) in [6.07, 6.45) is -0.550. The van der Waals surface area contributed by atoms with Crippen molar-refractivity contribution in [3.8, 4) is 11.5 Å². The van der Waals surface area contributed by atoms with Gasteiger partial charge in [0.25, 0.3) is 0 Å². The van der Waals surface area contributed by atoms with E-state index in [-0.39, 0.29) is 19.3 Å². The molecule has 0 radical (unpaired) electrons. The van der Waals surface area contributed by atoms with E-state index in [0.717, 1.165) is 23.6 Å². The molecule has 0 aliphatic rings. The van der Waals surface area contributed by atoms with Crippen LogP contribution >= 0.6 is 0 Å². The fourth-order valence-corrected chi connectivity index (χ4v) is 1.74. The van der Waals surface area contributed by atoms with Crippen LogP contribution in [0.4, 0.5) is 0 Å². The van der Waals surface area contributed by atoms with Crippen LogP contribution in [0.15, 0.2) is 18.2 Å². The van der Waals surface area contributed by atoms with Gasteiger partial charge in [0.2, 0.25) is 0 Å². The summed E-state index contributed by atoms with van der Waals surface area (Å²) in [6.45, 7) is 7.99. The maximum absolute atomic E-state index is 9.86. The van der Waals surface area contributed by atoms with Crippen LogP contribution in [0, 0.1) is 0 Å². The fourth-order valence-electron chi connectivity index (χ4n) is 1.74. The van der Waals surface area contributed by atoms with Crippen LogP contribution in [0.5, 0.6) is 11.5 Å². The van der Waals surface area contributed by atoms with Crippen LogP contribution in [0.25, 0.3) is 0 Å². The summed E-state index contributed by atoms with van der Waals surface area (Å²) < 4.78 is 16.3. The molecule has 21 heavy (non-hydrogen) atoms. The van der Waals surface area contributed by atoms with Crippen LogP contribution in [0.3, 0.4) is 0 Å². The van der Waals surface area contributed by atoms with Crippen molar-refractivity contribution in [3.63, 3.8) is 0 Å². The van der Waals surface area contributed by atoms with E-state index in [4.69, 9.17) is 14.2 Å². The first-order chi connectivity index (χ1) is 10.1. The van der Waals surface area contributed by atoms with Crippen molar-refractivity contribution in [2.75, 3.05) is 26.9 Å². The summed E-state index contributed by atoms with van der Waals surface area (Å²) in [5.74, 6) is 1.46. The lowest BCUT2D eigenvalue weighted by molar-refractivity contribution is -0.0124. The van der Waals surface area contributed by atoms with Crippen molar-refractivity contribution in [3.05, 3.63) is 23.8 Å². The first-order valence-corrected chi connectivity index (χ1v) is 7.36. The Morgan fingerprint density at radius 1 is 1.24 bits per heavy atom. The van der Waals surface area contributed by atoms with E-state index in [0.29, 0.717) is 6.54 Å². The van der Waals surface area contributed by atoms with Gasteiger partial charge in [-0.3, -0.25) is 0 Å². The van der Waals surface area contributed by atoms with E-state index in [1.54, 1.807) is 7.11 Å². The molecule has 0 aromatic heterocycles. The lowest BCUT2D eigenvalue weighted by Gasteiger charge is -2.17. The second-order valence-electron chi connectivity index (χ2n) is 5.10. The molecule has 1 unspecified atom stereocenters. The van der Waals surface area contributed by atoms with Gasteiger partial charge < -0.3 is 24.6 Å². The molecule has 120 valence electrons. The van der Waals surface area contributed by atoms with Gasteiger partial charge in [0.1, 0.15) is 24.2 Å². The minimum atomic E-state index is -0.648. The van der Waals surface area contributed by atoms with Gasteiger partial charge in [-0.25, -0.2) is 0 Å². The second kappa shape index (κ2) is 9.60. The van der Waals surface area contributed by atoms with Gasteiger partial charge in [0, 0.05) is 18.2 Å². The van der Waals surface area contributed by atoms with E-state index in [1.165, 1.54) is 0 Å². The second-order valence-corrected chi connectivity index (χ2v) is 5.10. The summed E-state index contributed by atoms with van der Waals surface area (Å²) in [6, 6.07) is 5.70. The molecule has 0 spiro atoms. The molecular weight excluding hydrogens is 270 g/mol. The molecule has 5 nitrogen and oxygen atoms in total. The zero-order valence-electron chi connectivity index (χ0n) is 13.4. The molecule has 0 bridgehead atoms. The summed E-state index contributed by atoms with van der Waals surface area (Å²) in [5, 5.41) is 13.1. The molecule has 0 aliphatic heterocycles. The Balaban J connectivity index is 2.61. The highest BCUT2D eigenvalue weighted by Crippen LogP contribution is 2.25. The maximum atomic E-state index is 9.86. The van der Waals surface area contributed by atoms with E-state index in [1.807, 2.05) is 32.0 Å². The van der Waals surface area contributed by atoms with E-state index >= 15 is 0 Å². The highest BCUT2D eigenvalue weighted by molar-refractivity contribution is 5.40. The number of rotatable bonds is 10. The smallest absolute Gasteiger partial charge is 0.127 e. The lowest BCUT2D eigenvalue weighted by atomic mass is 10.2. The summed E-state index contributed by atoms with van der Waals surface area (Å²) in [5.41, 5.74) is 1.04. The first kappa shape index (κ1) is 17.8. The standard InChI is InChI=1S/C16H27NO4/c1-5-17-9-13-6-7-15(19-4)8-16(13)21-11-14(18)10-20-12(2)3/h6-8,12,14,17-18H,5,9-11H2,1-4H3. The minimum Gasteiger partial charge on any atom is -0.497 e. The van der Waals surface area contributed by atoms with Crippen LogP contribution in [-0.2, 0) is 11.3 Å². The molecule has 0 aliphatic carbocycles. The van der Waals surface area contributed by atoms with Crippen molar-refractivity contribution in [2.45, 2.75) is 39.5 Å². The van der Waals surface area contributed by atoms with Gasteiger partial charge in [-0.05, 0) is 26.5 Å². The fraction of sp³-hybridized carbons (Fsp3) is 0.625. The summed E-state index contributed by atoms with van der Waals surface area (Å²) in [4.78, 5) is 0. The van der Waals surface area contributed by atoms with Gasteiger partial charge in [0.15, 0.2) is 0 Å². The third-order valence-corrected chi connectivity index (χ3v) is 2.89. The van der Waals surface area contributed by atoms with Gasteiger partial charge >= 0.3 is 0 Å². The molecule has 0 fully saturated rings. The van der Waals surface area contributed by atoms with E-state index < -0.39 is 6.10 Å². The van der Waals surface area contributed by atoms with E-state index in [2.05, 4.69) is 12.2 Å². The summed E-state index contributed by atoms with van der Waals surface area (Å²) >= 11 is 0. The topological polar surface area (TPSA) is 60.0 Å². The minimum absolute atomic E-state index is 0.0979. The molecule has 0 saturated carbocycles. The Hall–Kier alpha value is -1.30. The van der Waals surface area contributed by atoms with Gasteiger partial charge in [-0.1, -0.05) is 13.0 Å². The van der Waals surface area contributed by atoms with Crippen molar-refractivity contribution < 1.29 is 19.3 Å². The number of aliphatic hydroxyl groups is 1. The highest BCUT2D eigenvalue weighted by atomic mass is 16.5. The number of nitrogens with one attached hydrogen (secondary N) is 1. The van der Waals surface area contributed by atoms with Crippen molar-refractivity contribution >= 4 is 0 Å². The maximum Gasteiger partial charge on any atom is 0.127 e. The average Bonchev–Trinajstić information content (AvgIpc) is 2.49. The Morgan fingerprint density at radius 2 is 2.00 bits per heavy atom. The Morgan fingerprint density at radius 3 is 2.62 bits per heavy atom. The SMILES string of the molecule is CCNCc1ccc(OC)cc1OCC(O)COC(C)C. The molecule has 0 amide bonds. The number of hydrogen-bond acceptors (Lipinski definition) is 5. The molecule has 0 saturated heterocycles. The third kappa shape index (κ3) is 6.80. The normalized spacial score (nSPS) is 12.5. The molecule has 5 heteroatoms. The molecule has 1 aromatic rings. The molecule has 1 rings (SSSR count). The highest BCUT2D eigenvalue weighted by Gasteiger charge is 2.10. The van der Waals surface area contributed by atoms with Gasteiger partial charge in [0.05, 0.1) is 19.8 Å². The zero-order chi connectivity index (χ0) is 15.7. The number of benzene rings is 1. The van der Waals surface area contributed by atoms with Gasteiger partial charge in [-0.2, -0.15) is 0 Å². The van der Waals surface area contributed by atoms with Gasteiger partial charge in [-0.15, -0.1) is 0 Å². The van der Waals surface area contributed by atoms with Crippen LogP contribution in [0.2, 0.25) is 0 Å². The number of hydrogen-bond donors (Lipinski definition) is 2. The monoisotopic (exact) mass is 297 g/mol. The Labute approximate surface area is 127 Å². The van der Waals surface area contributed by atoms with Crippen LogP contribution < -0.4 is 14.8 Å². The molecule has 1 aromatic carbocycles. The molecular formula is C16H27NO4. The average molecular weight is 297 g/mol. The number of methoxy groups -OCH3 is 1. The largest absolute Gasteiger partial charge is 0.497 e. The number of aliphatic hydroxyl groups excluding tert-OH is 1. The Kier molecular flexibility index (Phi) is 8.12. The predicted octanol–water partition coefficient (Wildman–Crippen LogP) is 1.97. The number of ether oxygens (including phenoxy) is 3. The van der Waals surface area contributed by atoms with Crippen molar-refractivity contribution in [2.24, 2.45) is 0 Å². The molecule has 0 heterocycles. The quantitative estimate of drug-likeness (QED) is 0.691. The Bertz CT molecular complexity index is 409. The molecule has 1 atom stereocenters. The lowest BCUT2D eigenvalue weighted by Crippen LogP contribution is -2.25. The van der Waals surface area contributed by atoms with Crippen molar-refractivity contribution in [1.82, 2.24) is 5.32 Å². The third-order valence-electron chi connectivity index (χ3n) is 2.89. The first-order valence-electron chi connectivity index (χ1n) is 7.36. The predicted molar refractivity (Wildman–Crippen MR) is 83.0 cm³/mol. The van der Waals surface area contributed by atoms with Crippen LogP contribution in [0.1, 0.15) is 26.3 Å². The van der Waals surface area contributed by atoms with E-state index in [9.17, 15) is 5.11 Å². The molecule has 2 N–H and O–H groups in total. The van der Waals surface area contributed by atoms with Crippen molar-refractivity contribution in [1.29, 1.82) is 0 Å². The van der Waals surface area contributed by atoms with Crippen LogP contribution in [-0.4, -0.2) is 44.2 Å². The summed E-state index contributed by atoms with van der Waals surface area (Å²) in [7, 11) is 1.62. The zero-order valence-corrected chi connectivity index (χ0v) is 13.4.